The van der Waals surface area contributed by atoms with E-state index in [2.05, 4.69) is 11.4 Å². The molecule has 2 amide bonds. The first kappa shape index (κ1) is 17.5. The van der Waals surface area contributed by atoms with Crippen molar-refractivity contribution in [3.8, 4) is 0 Å². The third-order valence-corrected chi connectivity index (χ3v) is 4.23. The topological polar surface area (TPSA) is 49.4 Å². The van der Waals surface area contributed by atoms with Crippen LogP contribution in [-0.4, -0.2) is 24.9 Å². The first-order valence-electron chi connectivity index (χ1n) is 8.04. The largest absolute Gasteiger partial charge is 0.354 e. The average Bonchev–Trinajstić information content (AvgIpc) is 2.54. The lowest BCUT2D eigenvalue weighted by Crippen LogP contribution is -2.40. The van der Waals surface area contributed by atoms with E-state index in [4.69, 9.17) is 11.6 Å². The van der Waals surface area contributed by atoms with Crippen LogP contribution in [-0.2, 0) is 9.59 Å². The van der Waals surface area contributed by atoms with Crippen LogP contribution in [0.5, 0.6) is 0 Å². The average molecular weight is 335 g/mol. The van der Waals surface area contributed by atoms with Gasteiger partial charge in [0.1, 0.15) is 6.54 Å². The molecule has 5 heteroatoms. The molecule has 0 saturated heterocycles. The Morgan fingerprint density at radius 2 is 1.96 bits per heavy atom. The predicted molar refractivity (Wildman–Crippen MR) is 93.7 cm³/mol. The first-order chi connectivity index (χ1) is 11.1. The van der Waals surface area contributed by atoms with Gasteiger partial charge in [-0.1, -0.05) is 23.3 Å². The van der Waals surface area contributed by atoms with Crippen molar-refractivity contribution in [2.24, 2.45) is 0 Å². The zero-order chi connectivity index (χ0) is 16.7. The highest BCUT2D eigenvalue weighted by Crippen LogP contribution is 2.20. The number of benzene rings is 1. The molecule has 1 aliphatic rings. The van der Waals surface area contributed by atoms with E-state index in [1.165, 1.54) is 30.2 Å². The van der Waals surface area contributed by atoms with E-state index in [0.717, 1.165) is 19.3 Å². The lowest BCUT2D eigenvalue weighted by Gasteiger charge is -2.21. The molecule has 0 radical (unpaired) electrons. The maximum Gasteiger partial charge on any atom is 0.240 e. The van der Waals surface area contributed by atoms with Crippen molar-refractivity contribution < 1.29 is 9.59 Å². The van der Waals surface area contributed by atoms with E-state index >= 15 is 0 Å². The maximum absolute atomic E-state index is 12.1. The number of nitrogens with zero attached hydrogens (tertiary/aromatic N) is 1. The molecule has 0 spiro atoms. The molecule has 0 fully saturated rings. The van der Waals surface area contributed by atoms with Crippen LogP contribution in [0.15, 0.2) is 35.9 Å². The summed E-state index contributed by atoms with van der Waals surface area (Å²) in [4.78, 5) is 25.3. The standard InChI is InChI=1S/C18H23ClN2O2/c1-14(22)21(17-9-7-16(19)8-10-17)13-18(23)20-12-11-15-5-3-2-4-6-15/h5,7-10H,2-4,6,11-13H2,1H3,(H,20,23). The van der Waals surface area contributed by atoms with Gasteiger partial charge in [-0.25, -0.2) is 0 Å². The second kappa shape index (κ2) is 8.73. The Labute approximate surface area is 142 Å². The molecule has 0 saturated carbocycles. The van der Waals surface area contributed by atoms with Crippen LogP contribution in [0.25, 0.3) is 0 Å². The molecule has 1 aliphatic carbocycles. The SMILES string of the molecule is CC(=O)N(CC(=O)NCCC1=CCCCC1)c1ccc(Cl)cc1. The van der Waals surface area contributed by atoms with Gasteiger partial charge >= 0.3 is 0 Å². The van der Waals surface area contributed by atoms with Gasteiger partial charge in [-0.15, -0.1) is 0 Å². The van der Waals surface area contributed by atoms with Gasteiger partial charge in [-0.05, 0) is 56.4 Å². The molecule has 1 aromatic rings. The summed E-state index contributed by atoms with van der Waals surface area (Å²) in [5.74, 6) is -0.316. The third kappa shape index (κ3) is 5.71. The minimum Gasteiger partial charge on any atom is -0.354 e. The molecule has 124 valence electrons. The van der Waals surface area contributed by atoms with Gasteiger partial charge in [0.15, 0.2) is 0 Å². The molecule has 2 rings (SSSR count). The van der Waals surface area contributed by atoms with Crippen LogP contribution < -0.4 is 10.2 Å². The lowest BCUT2D eigenvalue weighted by atomic mass is 9.97. The van der Waals surface area contributed by atoms with Crippen LogP contribution in [0.3, 0.4) is 0 Å². The zero-order valence-electron chi connectivity index (χ0n) is 13.5. The van der Waals surface area contributed by atoms with E-state index in [1.54, 1.807) is 24.3 Å². The first-order valence-corrected chi connectivity index (χ1v) is 8.42. The molecule has 0 unspecified atom stereocenters. The fourth-order valence-electron chi connectivity index (χ4n) is 2.70. The molecule has 4 nitrogen and oxygen atoms in total. The number of carbonyl (C=O) groups excluding carboxylic acids is 2. The van der Waals surface area contributed by atoms with Gasteiger partial charge in [-0.2, -0.15) is 0 Å². The van der Waals surface area contributed by atoms with Gasteiger partial charge in [-0.3, -0.25) is 9.59 Å². The Kier molecular flexibility index (Phi) is 6.66. The number of carbonyl (C=O) groups is 2. The number of anilines is 1. The minimum absolute atomic E-state index is 0.0238. The fraction of sp³-hybridized carbons (Fsp3) is 0.444. The van der Waals surface area contributed by atoms with Crippen molar-refractivity contribution in [2.45, 2.75) is 39.0 Å². The van der Waals surface area contributed by atoms with Gasteiger partial charge < -0.3 is 10.2 Å². The Morgan fingerprint density at radius 3 is 2.57 bits per heavy atom. The zero-order valence-corrected chi connectivity index (χ0v) is 14.2. The van der Waals surface area contributed by atoms with Crippen LogP contribution in [0.2, 0.25) is 5.02 Å². The van der Waals surface area contributed by atoms with Crippen molar-refractivity contribution in [1.82, 2.24) is 5.32 Å². The molecule has 0 aliphatic heterocycles. The number of nitrogens with one attached hydrogen (secondary N) is 1. The number of hydrogen-bond donors (Lipinski definition) is 1. The minimum atomic E-state index is -0.169. The molecule has 1 aromatic carbocycles. The van der Waals surface area contributed by atoms with Crippen molar-refractivity contribution in [1.29, 1.82) is 0 Å². The van der Waals surface area contributed by atoms with Crippen LogP contribution in [0.1, 0.15) is 39.0 Å². The predicted octanol–water partition coefficient (Wildman–Crippen LogP) is 3.70. The molecular formula is C18H23ClN2O2. The monoisotopic (exact) mass is 334 g/mol. The number of halogens is 1. The van der Waals surface area contributed by atoms with Crippen molar-refractivity contribution in [3.63, 3.8) is 0 Å². The van der Waals surface area contributed by atoms with Crippen molar-refractivity contribution in [3.05, 3.63) is 40.9 Å². The Balaban J connectivity index is 1.84. The number of amides is 2. The summed E-state index contributed by atoms with van der Waals surface area (Å²) < 4.78 is 0. The Hall–Kier alpha value is -1.81. The van der Waals surface area contributed by atoms with Crippen LogP contribution in [0.4, 0.5) is 5.69 Å². The summed E-state index contributed by atoms with van der Waals surface area (Å²) >= 11 is 5.86. The normalized spacial score (nSPS) is 14.1. The van der Waals surface area contributed by atoms with E-state index in [-0.39, 0.29) is 18.4 Å². The van der Waals surface area contributed by atoms with Crippen molar-refractivity contribution >= 4 is 29.1 Å². The van der Waals surface area contributed by atoms with E-state index < -0.39 is 0 Å². The number of allylic oxidation sites excluding steroid dienone is 1. The molecule has 1 N–H and O–H groups in total. The van der Waals surface area contributed by atoms with Gasteiger partial charge in [0, 0.05) is 24.2 Å². The summed E-state index contributed by atoms with van der Waals surface area (Å²) in [7, 11) is 0. The van der Waals surface area contributed by atoms with Crippen molar-refractivity contribution in [2.75, 3.05) is 18.0 Å². The molecule has 0 aromatic heterocycles. The van der Waals surface area contributed by atoms with Crippen LogP contribution >= 0.6 is 11.6 Å². The van der Waals surface area contributed by atoms with E-state index in [1.807, 2.05) is 0 Å². The summed E-state index contributed by atoms with van der Waals surface area (Å²) in [5.41, 5.74) is 2.10. The highest BCUT2D eigenvalue weighted by atomic mass is 35.5. The molecular weight excluding hydrogens is 312 g/mol. The number of hydrogen-bond acceptors (Lipinski definition) is 2. The maximum atomic E-state index is 12.1. The summed E-state index contributed by atoms with van der Waals surface area (Å²) in [6.45, 7) is 2.10. The second-order valence-electron chi connectivity index (χ2n) is 5.79. The van der Waals surface area contributed by atoms with Crippen LogP contribution in [0, 0.1) is 0 Å². The number of rotatable bonds is 6. The molecule has 0 bridgehead atoms. The Morgan fingerprint density at radius 1 is 1.22 bits per heavy atom. The van der Waals surface area contributed by atoms with Gasteiger partial charge in [0.05, 0.1) is 0 Å². The lowest BCUT2D eigenvalue weighted by molar-refractivity contribution is -0.123. The quantitative estimate of drug-likeness (QED) is 0.806. The smallest absolute Gasteiger partial charge is 0.240 e. The Bertz CT molecular complexity index is 581. The highest BCUT2D eigenvalue weighted by Gasteiger charge is 2.15. The second-order valence-corrected chi connectivity index (χ2v) is 6.23. The highest BCUT2D eigenvalue weighted by molar-refractivity contribution is 6.30. The molecule has 0 atom stereocenters. The fourth-order valence-corrected chi connectivity index (χ4v) is 2.83. The summed E-state index contributed by atoms with van der Waals surface area (Å²) in [6.07, 6.45) is 7.98. The van der Waals surface area contributed by atoms with Gasteiger partial charge in [0.25, 0.3) is 0 Å². The summed E-state index contributed by atoms with van der Waals surface area (Å²) in [5, 5.41) is 3.50. The molecule has 0 heterocycles. The van der Waals surface area contributed by atoms with E-state index in [0.29, 0.717) is 17.3 Å². The molecule has 23 heavy (non-hydrogen) atoms. The van der Waals surface area contributed by atoms with Gasteiger partial charge in [0.2, 0.25) is 11.8 Å². The third-order valence-electron chi connectivity index (χ3n) is 3.97. The van der Waals surface area contributed by atoms with E-state index in [9.17, 15) is 9.59 Å². The summed E-state index contributed by atoms with van der Waals surface area (Å²) in [6, 6.07) is 6.90.